The Bertz CT molecular complexity index is 1380. The van der Waals surface area contributed by atoms with Gasteiger partial charge >= 0.3 is 12.1 Å². The van der Waals surface area contributed by atoms with Crippen molar-refractivity contribution >= 4 is 29.4 Å². The number of nitrogens with one attached hydrogen (secondary N) is 1. The first kappa shape index (κ1) is 25.0. The number of rotatable bonds is 8. The summed E-state index contributed by atoms with van der Waals surface area (Å²) in [6, 6.07) is 22.4. The van der Waals surface area contributed by atoms with E-state index in [9.17, 15) is 9.59 Å². The van der Waals surface area contributed by atoms with Crippen LogP contribution in [0.2, 0.25) is 5.02 Å². The number of ether oxygens (including phenoxy) is 1. The third-order valence-corrected chi connectivity index (χ3v) is 6.03. The molecule has 0 spiro atoms. The van der Waals surface area contributed by atoms with Gasteiger partial charge in [0.25, 0.3) is 0 Å². The Morgan fingerprint density at radius 2 is 1.75 bits per heavy atom. The molecule has 7 nitrogen and oxygen atoms in total. The number of aromatic nitrogens is 1. The summed E-state index contributed by atoms with van der Waals surface area (Å²) < 4.78 is 11.0. The fraction of sp³-hybridized carbons (Fsp3) is 0.179. The molecule has 8 heteroatoms. The number of amides is 1. The van der Waals surface area contributed by atoms with Crippen LogP contribution in [0.5, 0.6) is 0 Å². The van der Waals surface area contributed by atoms with Crippen molar-refractivity contribution in [2.24, 2.45) is 0 Å². The summed E-state index contributed by atoms with van der Waals surface area (Å²) in [5.74, 6) is -0.435. The van der Waals surface area contributed by atoms with Crippen molar-refractivity contribution < 1.29 is 24.0 Å². The lowest BCUT2D eigenvalue weighted by Crippen LogP contribution is -2.17. The summed E-state index contributed by atoms with van der Waals surface area (Å²) >= 11 is 6.21. The van der Waals surface area contributed by atoms with Crippen LogP contribution in [0, 0.1) is 6.92 Å². The van der Waals surface area contributed by atoms with Gasteiger partial charge in [-0.15, -0.1) is 0 Å². The van der Waals surface area contributed by atoms with Gasteiger partial charge in [0, 0.05) is 16.1 Å². The number of carboxylic acids is 1. The third-order valence-electron chi connectivity index (χ3n) is 5.69. The fourth-order valence-electron chi connectivity index (χ4n) is 3.91. The topological polar surface area (TPSA) is 102 Å². The maximum Gasteiger partial charge on any atom is 0.412 e. The first-order valence-corrected chi connectivity index (χ1v) is 11.7. The standard InChI is InChI=1S/C28H25ClN2O5/c1-17-26(30-28(34)35-18(2)23-8-3-4-9-24(23)29)27(36-31-17)22-12-10-19(11-13-22)14-20-6-5-7-21(15-20)16-25(32)33/h3-13,15,18H,14,16H2,1-2H3,(H,30,34)(H,32,33). The van der Waals surface area contributed by atoms with E-state index in [1.165, 1.54) is 0 Å². The SMILES string of the molecule is Cc1noc(-c2ccc(Cc3cccc(CC(=O)O)c3)cc2)c1NC(=O)OC(C)c1ccccc1Cl. The monoisotopic (exact) mass is 504 g/mol. The van der Waals surface area contributed by atoms with E-state index in [4.69, 9.17) is 26.0 Å². The molecule has 0 radical (unpaired) electrons. The van der Waals surface area contributed by atoms with Crippen molar-refractivity contribution in [3.05, 3.63) is 106 Å². The molecule has 0 saturated carbocycles. The maximum absolute atomic E-state index is 12.6. The molecule has 36 heavy (non-hydrogen) atoms. The van der Waals surface area contributed by atoms with Crippen LogP contribution in [0.25, 0.3) is 11.3 Å². The van der Waals surface area contributed by atoms with Gasteiger partial charge in [0.05, 0.1) is 6.42 Å². The number of aryl methyl sites for hydroxylation is 1. The van der Waals surface area contributed by atoms with E-state index in [1.807, 2.05) is 60.7 Å². The second-order valence-electron chi connectivity index (χ2n) is 8.43. The molecule has 2 N–H and O–H groups in total. The number of halogens is 1. The molecule has 0 bridgehead atoms. The quantitative estimate of drug-likeness (QED) is 0.272. The van der Waals surface area contributed by atoms with Gasteiger partial charge in [-0.05, 0) is 43.0 Å². The normalized spacial score (nSPS) is 11.6. The highest BCUT2D eigenvalue weighted by Gasteiger charge is 2.20. The van der Waals surface area contributed by atoms with Gasteiger partial charge in [0.2, 0.25) is 0 Å². The largest absolute Gasteiger partial charge is 0.481 e. The average molecular weight is 505 g/mol. The summed E-state index contributed by atoms with van der Waals surface area (Å²) in [5.41, 5.74) is 5.24. The molecule has 1 unspecified atom stereocenters. The lowest BCUT2D eigenvalue weighted by Gasteiger charge is -2.15. The van der Waals surface area contributed by atoms with Crippen LogP contribution in [0.15, 0.2) is 77.3 Å². The lowest BCUT2D eigenvalue weighted by atomic mass is 10.00. The molecule has 0 fully saturated rings. The number of carboxylic acid groups (broad SMARTS) is 1. The first-order valence-electron chi connectivity index (χ1n) is 11.4. The zero-order valence-electron chi connectivity index (χ0n) is 19.8. The Labute approximate surface area is 213 Å². The van der Waals surface area contributed by atoms with Crippen LogP contribution in [-0.4, -0.2) is 22.3 Å². The van der Waals surface area contributed by atoms with E-state index >= 15 is 0 Å². The van der Waals surface area contributed by atoms with Gasteiger partial charge in [0.1, 0.15) is 17.5 Å². The van der Waals surface area contributed by atoms with Crippen LogP contribution < -0.4 is 5.32 Å². The van der Waals surface area contributed by atoms with E-state index in [-0.39, 0.29) is 6.42 Å². The highest BCUT2D eigenvalue weighted by Crippen LogP contribution is 2.32. The van der Waals surface area contributed by atoms with Crippen LogP contribution in [0.1, 0.15) is 41.0 Å². The van der Waals surface area contributed by atoms with E-state index < -0.39 is 18.2 Å². The minimum absolute atomic E-state index is 0.00694. The van der Waals surface area contributed by atoms with Crippen LogP contribution in [0.3, 0.4) is 0 Å². The molecular formula is C28H25ClN2O5. The molecule has 4 aromatic rings. The third kappa shape index (κ3) is 6.12. The van der Waals surface area contributed by atoms with Crippen molar-refractivity contribution in [1.29, 1.82) is 0 Å². The molecule has 0 aliphatic heterocycles. The van der Waals surface area contributed by atoms with E-state index in [0.29, 0.717) is 34.1 Å². The van der Waals surface area contributed by atoms with E-state index in [1.54, 1.807) is 26.0 Å². The Hall–Kier alpha value is -4.10. The van der Waals surface area contributed by atoms with Gasteiger partial charge in [-0.2, -0.15) is 0 Å². The minimum atomic E-state index is -0.856. The van der Waals surface area contributed by atoms with Crippen LogP contribution >= 0.6 is 11.6 Å². The molecule has 0 aliphatic rings. The number of aliphatic carboxylic acids is 1. The van der Waals surface area contributed by atoms with Crippen molar-refractivity contribution in [2.75, 3.05) is 5.32 Å². The summed E-state index contributed by atoms with van der Waals surface area (Å²) in [5, 5.41) is 16.3. The molecule has 1 atom stereocenters. The van der Waals surface area contributed by atoms with Gasteiger partial charge in [-0.1, -0.05) is 83.5 Å². The molecule has 1 aromatic heterocycles. The van der Waals surface area contributed by atoms with Gasteiger partial charge in [0.15, 0.2) is 5.76 Å². The summed E-state index contributed by atoms with van der Waals surface area (Å²) in [6.07, 6.45) is -0.545. The summed E-state index contributed by atoms with van der Waals surface area (Å²) in [6.45, 7) is 3.48. The van der Waals surface area contributed by atoms with Crippen molar-refractivity contribution in [3.8, 4) is 11.3 Å². The number of carbonyl (C=O) groups is 2. The molecule has 1 amide bonds. The molecule has 1 heterocycles. The number of carbonyl (C=O) groups excluding carboxylic acids is 1. The second-order valence-corrected chi connectivity index (χ2v) is 8.84. The van der Waals surface area contributed by atoms with Crippen molar-refractivity contribution in [3.63, 3.8) is 0 Å². The number of benzene rings is 3. The Kier molecular flexibility index (Phi) is 7.71. The molecule has 0 aliphatic carbocycles. The van der Waals surface area contributed by atoms with Gasteiger partial charge in [-0.25, -0.2) is 4.79 Å². The predicted octanol–water partition coefficient (Wildman–Crippen LogP) is 6.83. The fourth-order valence-corrected chi connectivity index (χ4v) is 4.20. The summed E-state index contributed by atoms with van der Waals surface area (Å²) in [7, 11) is 0. The minimum Gasteiger partial charge on any atom is -0.481 e. The number of nitrogens with zero attached hydrogens (tertiary/aromatic N) is 1. The average Bonchev–Trinajstić information content (AvgIpc) is 3.19. The Balaban J connectivity index is 1.45. The Morgan fingerprint density at radius 3 is 2.47 bits per heavy atom. The number of hydrogen-bond donors (Lipinski definition) is 2. The van der Waals surface area contributed by atoms with Gasteiger partial charge in [-0.3, -0.25) is 10.1 Å². The second kappa shape index (κ2) is 11.1. The zero-order valence-corrected chi connectivity index (χ0v) is 20.6. The van der Waals surface area contributed by atoms with Crippen molar-refractivity contribution in [1.82, 2.24) is 5.16 Å². The predicted molar refractivity (Wildman–Crippen MR) is 137 cm³/mol. The molecular weight excluding hydrogens is 480 g/mol. The molecule has 0 saturated heterocycles. The maximum atomic E-state index is 12.6. The summed E-state index contributed by atoms with van der Waals surface area (Å²) in [4.78, 5) is 23.6. The number of anilines is 1. The van der Waals surface area contributed by atoms with E-state index in [2.05, 4.69) is 10.5 Å². The van der Waals surface area contributed by atoms with Crippen LogP contribution in [-0.2, 0) is 22.4 Å². The molecule has 3 aromatic carbocycles. The van der Waals surface area contributed by atoms with Crippen LogP contribution in [0.4, 0.5) is 10.5 Å². The smallest absolute Gasteiger partial charge is 0.412 e. The highest BCUT2D eigenvalue weighted by atomic mass is 35.5. The first-order chi connectivity index (χ1) is 17.3. The van der Waals surface area contributed by atoms with Gasteiger partial charge < -0.3 is 14.4 Å². The molecule has 184 valence electrons. The van der Waals surface area contributed by atoms with Crippen molar-refractivity contribution in [2.45, 2.75) is 32.8 Å². The number of hydrogen-bond acceptors (Lipinski definition) is 5. The Morgan fingerprint density at radius 1 is 1.03 bits per heavy atom. The highest BCUT2D eigenvalue weighted by molar-refractivity contribution is 6.31. The lowest BCUT2D eigenvalue weighted by molar-refractivity contribution is -0.136. The molecule has 4 rings (SSSR count). The zero-order chi connectivity index (χ0) is 25.7. The van der Waals surface area contributed by atoms with E-state index in [0.717, 1.165) is 22.3 Å².